The van der Waals surface area contributed by atoms with Gasteiger partial charge >= 0.3 is 0 Å². The number of aliphatic hydroxyl groups is 4. The second kappa shape index (κ2) is 8.41. The standard InChI is InChI=1S/C11H23NO7/c1-4-8(15)12-11(17,6-13)10(19-3)9(16)7(14)5-18-2/h7,9-10,13-14,16-17H,4-6H2,1-3H3,(H,12,15)/t7-,9-,10+,11+/m1/s1. The van der Waals surface area contributed by atoms with E-state index < -0.39 is 36.6 Å². The summed E-state index contributed by atoms with van der Waals surface area (Å²) < 4.78 is 9.56. The fraction of sp³-hybridized carbons (Fsp3) is 0.909. The van der Waals surface area contributed by atoms with Crippen molar-refractivity contribution in [3.05, 3.63) is 0 Å². The van der Waals surface area contributed by atoms with Crippen LogP contribution in [-0.2, 0) is 14.3 Å². The molecule has 0 aliphatic rings. The number of hydrogen-bond donors (Lipinski definition) is 5. The third-order valence-electron chi connectivity index (χ3n) is 2.68. The zero-order chi connectivity index (χ0) is 15.1. The summed E-state index contributed by atoms with van der Waals surface area (Å²) in [5.41, 5.74) is -2.20. The molecule has 0 bridgehead atoms. The fourth-order valence-corrected chi connectivity index (χ4v) is 1.62. The number of aliphatic hydroxyl groups excluding tert-OH is 3. The molecule has 0 aromatic rings. The van der Waals surface area contributed by atoms with Gasteiger partial charge in [0.15, 0.2) is 5.72 Å². The average molecular weight is 281 g/mol. The predicted molar refractivity (Wildman–Crippen MR) is 65.2 cm³/mol. The highest BCUT2D eigenvalue weighted by Crippen LogP contribution is 2.17. The van der Waals surface area contributed by atoms with Crippen LogP contribution in [0.15, 0.2) is 0 Å². The summed E-state index contributed by atoms with van der Waals surface area (Å²) in [4.78, 5) is 11.3. The Bertz CT molecular complexity index is 276. The molecule has 0 spiro atoms. The molecular weight excluding hydrogens is 258 g/mol. The third kappa shape index (κ3) is 5.01. The van der Waals surface area contributed by atoms with Gasteiger partial charge in [-0.1, -0.05) is 6.92 Å². The maximum absolute atomic E-state index is 11.3. The van der Waals surface area contributed by atoms with Crippen molar-refractivity contribution in [2.75, 3.05) is 27.4 Å². The molecule has 0 saturated carbocycles. The highest BCUT2D eigenvalue weighted by Gasteiger charge is 2.44. The Kier molecular flexibility index (Phi) is 8.07. The van der Waals surface area contributed by atoms with Crippen LogP contribution in [0, 0.1) is 0 Å². The van der Waals surface area contributed by atoms with Crippen LogP contribution in [0.4, 0.5) is 0 Å². The molecule has 0 heterocycles. The maximum atomic E-state index is 11.3. The second-order valence-corrected chi connectivity index (χ2v) is 4.15. The summed E-state index contributed by atoms with van der Waals surface area (Å²) >= 11 is 0. The third-order valence-corrected chi connectivity index (χ3v) is 2.68. The molecule has 0 fully saturated rings. The Morgan fingerprint density at radius 1 is 1.37 bits per heavy atom. The minimum absolute atomic E-state index is 0.0788. The van der Waals surface area contributed by atoms with Gasteiger partial charge in [0.1, 0.15) is 18.3 Å². The van der Waals surface area contributed by atoms with Gasteiger partial charge in [-0.25, -0.2) is 0 Å². The SMILES string of the molecule is CCC(=O)N[C@](O)(CO)[C@@H](OC)[C@H](O)[C@H](O)COC. The second-order valence-electron chi connectivity index (χ2n) is 4.15. The van der Waals surface area contributed by atoms with Crippen molar-refractivity contribution in [2.45, 2.75) is 37.4 Å². The van der Waals surface area contributed by atoms with Crippen molar-refractivity contribution >= 4 is 5.91 Å². The quantitative estimate of drug-likeness (QED) is 0.297. The van der Waals surface area contributed by atoms with E-state index in [9.17, 15) is 25.2 Å². The van der Waals surface area contributed by atoms with E-state index in [1.54, 1.807) is 6.92 Å². The molecule has 0 aromatic heterocycles. The molecule has 114 valence electrons. The van der Waals surface area contributed by atoms with Gasteiger partial charge in [0.25, 0.3) is 0 Å². The summed E-state index contributed by atoms with van der Waals surface area (Å²) in [6.07, 6.45) is -4.24. The van der Waals surface area contributed by atoms with Crippen LogP contribution < -0.4 is 5.32 Å². The molecule has 0 rings (SSSR count). The van der Waals surface area contributed by atoms with Gasteiger partial charge in [0.05, 0.1) is 13.2 Å². The van der Waals surface area contributed by atoms with Crippen LogP contribution in [-0.4, -0.2) is 77.8 Å². The molecule has 0 radical (unpaired) electrons. The van der Waals surface area contributed by atoms with Crippen LogP contribution in [0.25, 0.3) is 0 Å². The molecular formula is C11H23NO7. The van der Waals surface area contributed by atoms with E-state index in [1.807, 2.05) is 0 Å². The van der Waals surface area contributed by atoms with Crippen molar-refractivity contribution in [3.8, 4) is 0 Å². The van der Waals surface area contributed by atoms with Gasteiger partial charge in [0, 0.05) is 20.6 Å². The zero-order valence-electron chi connectivity index (χ0n) is 11.4. The Labute approximate surface area is 112 Å². The summed E-state index contributed by atoms with van der Waals surface area (Å²) in [5.74, 6) is -0.535. The molecule has 0 aliphatic carbocycles. The number of hydrogen-bond acceptors (Lipinski definition) is 7. The lowest BCUT2D eigenvalue weighted by Crippen LogP contribution is -2.65. The van der Waals surface area contributed by atoms with Crippen molar-refractivity contribution in [2.24, 2.45) is 0 Å². The van der Waals surface area contributed by atoms with Crippen molar-refractivity contribution in [1.29, 1.82) is 0 Å². The minimum atomic E-state index is -2.20. The van der Waals surface area contributed by atoms with Gasteiger partial charge in [-0.15, -0.1) is 0 Å². The lowest BCUT2D eigenvalue weighted by molar-refractivity contribution is -0.199. The molecule has 0 aliphatic heterocycles. The topological polar surface area (TPSA) is 128 Å². The number of amides is 1. The molecule has 0 saturated heterocycles. The largest absolute Gasteiger partial charge is 0.391 e. The number of ether oxygens (including phenoxy) is 2. The highest BCUT2D eigenvalue weighted by atomic mass is 16.5. The first-order chi connectivity index (χ1) is 8.86. The fourth-order valence-electron chi connectivity index (χ4n) is 1.62. The highest BCUT2D eigenvalue weighted by molar-refractivity contribution is 5.76. The predicted octanol–water partition coefficient (Wildman–Crippen LogP) is -2.42. The minimum Gasteiger partial charge on any atom is -0.391 e. The molecule has 4 atom stereocenters. The molecule has 19 heavy (non-hydrogen) atoms. The Morgan fingerprint density at radius 2 is 1.95 bits per heavy atom. The Hall–Kier alpha value is -0.770. The Morgan fingerprint density at radius 3 is 2.32 bits per heavy atom. The van der Waals surface area contributed by atoms with Gasteiger partial charge in [-0.2, -0.15) is 0 Å². The van der Waals surface area contributed by atoms with Gasteiger partial charge in [-0.05, 0) is 0 Å². The molecule has 0 unspecified atom stereocenters. The monoisotopic (exact) mass is 281 g/mol. The molecule has 8 heteroatoms. The van der Waals surface area contributed by atoms with E-state index in [0.717, 1.165) is 0 Å². The van der Waals surface area contributed by atoms with E-state index in [1.165, 1.54) is 14.2 Å². The van der Waals surface area contributed by atoms with E-state index in [4.69, 9.17) is 4.74 Å². The first-order valence-electron chi connectivity index (χ1n) is 5.88. The number of carbonyl (C=O) groups is 1. The van der Waals surface area contributed by atoms with E-state index in [2.05, 4.69) is 10.1 Å². The van der Waals surface area contributed by atoms with Gasteiger partial charge < -0.3 is 35.2 Å². The van der Waals surface area contributed by atoms with E-state index >= 15 is 0 Å². The van der Waals surface area contributed by atoms with E-state index in [-0.39, 0.29) is 13.0 Å². The van der Waals surface area contributed by atoms with Crippen LogP contribution in [0.3, 0.4) is 0 Å². The summed E-state index contributed by atoms with van der Waals surface area (Å²) in [7, 11) is 2.50. The van der Waals surface area contributed by atoms with Crippen LogP contribution >= 0.6 is 0 Å². The van der Waals surface area contributed by atoms with Crippen LogP contribution in [0.5, 0.6) is 0 Å². The lowest BCUT2D eigenvalue weighted by Gasteiger charge is -2.38. The summed E-state index contributed by atoms with van der Waals surface area (Å²) in [6, 6.07) is 0. The van der Waals surface area contributed by atoms with Gasteiger partial charge in [0.2, 0.25) is 5.91 Å². The number of rotatable bonds is 9. The van der Waals surface area contributed by atoms with Gasteiger partial charge in [-0.3, -0.25) is 4.79 Å². The Balaban J connectivity index is 4.99. The van der Waals surface area contributed by atoms with Crippen LogP contribution in [0.1, 0.15) is 13.3 Å². The molecule has 5 N–H and O–H groups in total. The first-order valence-corrected chi connectivity index (χ1v) is 5.88. The molecule has 8 nitrogen and oxygen atoms in total. The summed E-state index contributed by atoms with van der Waals surface area (Å²) in [6.45, 7) is 0.489. The lowest BCUT2D eigenvalue weighted by atomic mass is 9.97. The molecule has 0 aromatic carbocycles. The van der Waals surface area contributed by atoms with Crippen LogP contribution in [0.2, 0.25) is 0 Å². The maximum Gasteiger partial charge on any atom is 0.222 e. The smallest absolute Gasteiger partial charge is 0.222 e. The van der Waals surface area contributed by atoms with E-state index in [0.29, 0.717) is 0 Å². The average Bonchev–Trinajstić information content (AvgIpc) is 2.39. The van der Waals surface area contributed by atoms with Crippen molar-refractivity contribution < 1.29 is 34.7 Å². The first kappa shape index (κ1) is 18.2. The van der Waals surface area contributed by atoms with Crippen molar-refractivity contribution in [3.63, 3.8) is 0 Å². The zero-order valence-corrected chi connectivity index (χ0v) is 11.4. The normalized spacial score (nSPS) is 19.3. The van der Waals surface area contributed by atoms with Crippen molar-refractivity contribution in [1.82, 2.24) is 5.32 Å². The number of methoxy groups -OCH3 is 2. The number of nitrogens with one attached hydrogen (secondary N) is 1. The number of carbonyl (C=O) groups excluding carboxylic acids is 1. The molecule has 1 amide bonds. The summed E-state index contributed by atoms with van der Waals surface area (Å²) in [5, 5.41) is 41.0.